The van der Waals surface area contributed by atoms with E-state index < -0.39 is 16.9 Å². The molecule has 3 N–H and O–H groups in total. The molecule has 2 saturated heterocycles. The van der Waals surface area contributed by atoms with Gasteiger partial charge in [-0.25, -0.2) is 9.78 Å². The van der Waals surface area contributed by atoms with Gasteiger partial charge in [0.1, 0.15) is 16.7 Å². The Kier molecular flexibility index (Phi) is 8.11. The first kappa shape index (κ1) is 26.6. The molecule has 2 aliphatic rings. The molecular weight excluding hydrogens is 476 g/mol. The highest BCUT2D eigenvalue weighted by molar-refractivity contribution is 6.01. The quantitative estimate of drug-likeness (QED) is 0.531. The van der Waals surface area contributed by atoms with Crippen LogP contribution in [0.1, 0.15) is 55.6 Å². The molecule has 0 bridgehead atoms. The second kappa shape index (κ2) is 11.3. The van der Waals surface area contributed by atoms with Crippen LogP contribution in [-0.4, -0.2) is 76.7 Å². The summed E-state index contributed by atoms with van der Waals surface area (Å²) >= 11 is 0. The molecule has 4 heterocycles. The Morgan fingerprint density at radius 2 is 1.86 bits per heavy atom. The molecule has 2 aromatic heterocycles. The molecule has 2 fully saturated rings. The zero-order valence-electron chi connectivity index (χ0n) is 21.8. The van der Waals surface area contributed by atoms with Gasteiger partial charge in [0, 0.05) is 37.6 Å². The van der Waals surface area contributed by atoms with Gasteiger partial charge in [-0.3, -0.25) is 14.4 Å². The van der Waals surface area contributed by atoms with Crippen molar-refractivity contribution in [2.24, 2.45) is 0 Å². The molecule has 2 aliphatic heterocycles. The van der Waals surface area contributed by atoms with E-state index in [1.807, 2.05) is 13.8 Å². The fourth-order valence-corrected chi connectivity index (χ4v) is 5.05. The molecular formula is C26H36N6O5. The number of carbonyl (C=O) groups excluding carboxylic acids is 3. The van der Waals surface area contributed by atoms with Gasteiger partial charge in [0.2, 0.25) is 11.3 Å². The highest BCUT2D eigenvalue weighted by atomic mass is 16.6. The van der Waals surface area contributed by atoms with Gasteiger partial charge in [0.15, 0.2) is 0 Å². The van der Waals surface area contributed by atoms with Crippen molar-refractivity contribution in [3.8, 4) is 0 Å². The van der Waals surface area contributed by atoms with E-state index in [2.05, 4.69) is 20.9 Å². The van der Waals surface area contributed by atoms with Gasteiger partial charge >= 0.3 is 6.09 Å². The predicted molar refractivity (Wildman–Crippen MR) is 138 cm³/mol. The fourth-order valence-electron chi connectivity index (χ4n) is 5.05. The molecule has 11 heteroatoms. The highest BCUT2D eigenvalue weighted by Gasteiger charge is 2.42. The average molecular weight is 513 g/mol. The molecule has 0 radical (unpaired) electrons. The van der Waals surface area contributed by atoms with E-state index in [0.717, 1.165) is 5.69 Å². The van der Waals surface area contributed by atoms with Crippen LogP contribution in [0.4, 0.5) is 4.79 Å². The van der Waals surface area contributed by atoms with E-state index in [9.17, 15) is 19.2 Å². The molecule has 200 valence electrons. The molecule has 0 spiro atoms. The number of pyridine rings is 2. The molecule has 0 unspecified atom stereocenters. The topological polar surface area (TPSA) is 135 Å². The van der Waals surface area contributed by atoms with Crippen LogP contribution in [-0.2, 0) is 16.1 Å². The van der Waals surface area contributed by atoms with Crippen LogP contribution in [0.3, 0.4) is 0 Å². The molecule has 2 aromatic rings. The Morgan fingerprint density at radius 3 is 2.51 bits per heavy atom. The third kappa shape index (κ3) is 5.61. The number of hydrogen-bond donors (Lipinski definition) is 3. The van der Waals surface area contributed by atoms with E-state index >= 15 is 0 Å². The number of amides is 3. The Labute approximate surface area is 215 Å². The number of fused-ring (bicyclic) bond motifs is 1. The number of rotatable bonds is 6. The first-order valence-corrected chi connectivity index (χ1v) is 13.0. The Bertz CT molecular complexity index is 1230. The number of likely N-dealkylation sites (tertiary alicyclic amines) is 1. The van der Waals surface area contributed by atoms with Crippen molar-refractivity contribution in [2.45, 2.75) is 64.6 Å². The summed E-state index contributed by atoms with van der Waals surface area (Å²) in [4.78, 5) is 58.4. The number of ether oxygens (including phenoxy) is 1. The number of aryl methyl sites for hydroxylation is 2. The summed E-state index contributed by atoms with van der Waals surface area (Å²) in [6.07, 6.45) is 3.21. The Balaban J connectivity index is 1.53. The largest absolute Gasteiger partial charge is 0.450 e. The van der Waals surface area contributed by atoms with Gasteiger partial charge in [-0.05, 0) is 71.7 Å². The lowest BCUT2D eigenvalue weighted by molar-refractivity contribution is -0.129. The summed E-state index contributed by atoms with van der Waals surface area (Å²) in [5.41, 5.74) is -0.226. The summed E-state index contributed by atoms with van der Waals surface area (Å²) in [6, 6.07) is 3.33. The minimum Gasteiger partial charge on any atom is -0.450 e. The lowest BCUT2D eigenvalue weighted by Gasteiger charge is -2.39. The monoisotopic (exact) mass is 512 g/mol. The molecule has 3 amide bonds. The number of aromatic nitrogens is 2. The lowest BCUT2D eigenvalue weighted by atomic mass is 9.86. The van der Waals surface area contributed by atoms with E-state index in [1.54, 1.807) is 28.5 Å². The minimum absolute atomic E-state index is 0.00606. The van der Waals surface area contributed by atoms with Crippen LogP contribution in [0.15, 0.2) is 23.1 Å². The Hall–Kier alpha value is -3.47. The van der Waals surface area contributed by atoms with E-state index in [-0.39, 0.29) is 23.6 Å². The molecule has 11 nitrogen and oxygen atoms in total. The van der Waals surface area contributed by atoms with Gasteiger partial charge in [-0.2, -0.15) is 0 Å². The van der Waals surface area contributed by atoms with Crippen molar-refractivity contribution >= 4 is 28.9 Å². The van der Waals surface area contributed by atoms with Gasteiger partial charge in [-0.15, -0.1) is 0 Å². The summed E-state index contributed by atoms with van der Waals surface area (Å²) in [6.45, 7) is 8.51. The zero-order valence-corrected chi connectivity index (χ0v) is 21.8. The maximum atomic E-state index is 13.6. The highest BCUT2D eigenvalue weighted by Crippen LogP contribution is 2.22. The van der Waals surface area contributed by atoms with Gasteiger partial charge in [0.05, 0.1) is 12.0 Å². The van der Waals surface area contributed by atoms with Crippen LogP contribution < -0.4 is 21.4 Å². The van der Waals surface area contributed by atoms with Crippen molar-refractivity contribution in [2.75, 3.05) is 32.8 Å². The summed E-state index contributed by atoms with van der Waals surface area (Å²) in [7, 11) is 0. The van der Waals surface area contributed by atoms with Crippen LogP contribution in [0.5, 0.6) is 0 Å². The first-order chi connectivity index (χ1) is 17.8. The molecule has 37 heavy (non-hydrogen) atoms. The lowest BCUT2D eigenvalue weighted by Crippen LogP contribution is -2.64. The van der Waals surface area contributed by atoms with Crippen molar-refractivity contribution in [3.05, 3.63) is 39.8 Å². The summed E-state index contributed by atoms with van der Waals surface area (Å²) < 4.78 is 6.85. The maximum Gasteiger partial charge on any atom is 0.409 e. The van der Waals surface area contributed by atoms with E-state index in [0.29, 0.717) is 76.0 Å². The first-order valence-electron chi connectivity index (χ1n) is 13.0. The average Bonchev–Trinajstić information content (AvgIpc) is 2.90. The van der Waals surface area contributed by atoms with Crippen molar-refractivity contribution < 1.29 is 19.1 Å². The molecule has 0 saturated carbocycles. The second-order valence-corrected chi connectivity index (χ2v) is 9.70. The van der Waals surface area contributed by atoms with Crippen molar-refractivity contribution in [1.82, 2.24) is 30.4 Å². The standard InChI is InChI=1S/C26H36N6O5/c1-4-31-16-20(21(33)19-7-6-17(3)28-22(19)31)23(34)30-26(10-12-27-13-11-26)24(35)29-18-8-14-32(15-9-18)25(36)37-5-2/h6-7,16,18,27H,4-5,8-15H2,1-3H3,(H,29,35)(H,30,34). The zero-order chi connectivity index (χ0) is 26.6. The summed E-state index contributed by atoms with van der Waals surface area (Å²) in [5.74, 6) is -0.824. The third-order valence-corrected chi connectivity index (χ3v) is 7.25. The van der Waals surface area contributed by atoms with E-state index in [4.69, 9.17) is 4.74 Å². The van der Waals surface area contributed by atoms with Gasteiger partial charge in [0.25, 0.3) is 5.91 Å². The van der Waals surface area contributed by atoms with Crippen LogP contribution in [0.2, 0.25) is 0 Å². The number of carbonyl (C=O) groups is 3. The van der Waals surface area contributed by atoms with Crippen LogP contribution in [0, 0.1) is 6.92 Å². The third-order valence-electron chi connectivity index (χ3n) is 7.25. The number of hydrogen-bond acceptors (Lipinski definition) is 7. The molecule has 0 aliphatic carbocycles. The van der Waals surface area contributed by atoms with Crippen LogP contribution in [0.25, 0.3) is 11.0 Å². The van der Waals surface area contributed by atoms with Crippen LogP contribution >= 0.6 is 0 Å². The fraction of sp³-hybridized carbons (Fsp3) is 0.577. The molecule has 4 rings (SSSR count). The van der Waals surface area contributed by atoms with Gasteiger partial charge in [-0.1, -0.05) is 0 Å². The number of piperidine rings is 2. The number of nitrogens with one attached hydrogen (secondary N) is 3. The second-order valence-electron chi connectivity index (χ2n) is 9.70. The maximum absolute atomic E-state index is 13.6. The normalized spacial score (nSPS) is 17.9. The molecule has 0 atom stereocenters. The van der Waals surface area contributed by atoms with Crippen molar-refractivity contribution in [1.29, 1.82) is 0 Å². The number of nitrogens with zero attached hydrogens (tertiary/aromatic N) is 3. The molecule has 0 aromatic carbocycles. The van der Waals surface area contributed by atoms with Crippen molar-refractivity contribution in [3.63, 3.8) is 0 Å². The van der Waals surface area contributed by atoms with Gasteiger partial charge < -0.3 is 30.2 Å². The summed E-state index contributed by atoms with van der Waals surface area (Å²) in [5, 5.41) is 9.65. The predicted octanol–water partition coefficient (Wildman–Crippen LogP) is 1.31. The minimum atomic E-state index is -1.13. The SMILES string of the molecule is CCOC(=O)N1CCC(NC(=O)C2(NC(=O)c3cn(CC)c4nc(C)ccc4c3=O)CCNCC2)CC1. The smallest absolute Gasteiger partial charge is 0.409 e. The Morgan fingerprint density at radius 1 is 1.16 bits per heavy atom. The van der Waals surface area contributed by atoms with E-state index in [1.165, 1.54) is 6.20 Å².